The van der Waals surface area contributed by atoms with Gasteiger partial charge in [0.25, 0.3) is 0 Å². The summed E-state index contributed by atoms with van der Waals surface area (Å²) < 4.78 is 10.4. The molecule has 0 saturated heterocycles. The molecule has 0 fully saturated rings. The lowest BCUT2D eigenvalue weighted by molar-refractivity contribution is -0.150. The van der Waals surface area contributed by atoms with Gasteiger partial charge in [0.05, 0.1) is 6.61 Å². The number of carbonyl (C=O) groups is 1. The first-order valence-electron chi connectivity index (χ1n) is 6.28. The van der Waals surface area contributed by atoms with Crippen LogP contribution in [-0.2, 0) is 14.9 Å². The minimum absolute atomic E-state index is 0.116. The number of carbonyl (C=O) groups excluding carboxylic acids is 1. The van der Waals surface area contributed by atoms with Crippen LogP contribution in [0.25, 0.3) is 0 Å². The monoisotopic (exact) mass is 250 g/mol. The van der Waals surface area contributed by atoms with Gasteiger partial charge in [-0.25, -0.2) is 4.79 Å². The second-order valence-electron chi connectivity index (χ2n) is 5.29. The minimum Gasteiger partial charge on any atom is -0.479 e. The molecule has 3 heteroatoms. The Morgan fingerprint density at radius 3 is 2.22 bits per heavy atom. The number of benzene rings is 1. The maximum atomic E-state index is 11.4. The van der Waals surface area contributed by atoms with E-state index in [1.165, 1.54) is 5.56 Å². The van der Waals surface area contributed by atoms with Gasteiger partial charge in [0.15, 0.2) is 6.10 Å². The molecule has 1 aromatic carbocycles. The van der Waals surface area contributed by atoms with Crippen LogP contribution >= 0.6 is 0 Å². The van der Waals surface area contributed by atoms with Crippen molar-refractivity contribution >= 4 is 5.97 Å². The van der Waals surface area contributed by atoms with Crippen molar-refractivity contribution in [2.45, 2.75) is 46.1 Å². The fourth-order valence-electron chi connectivity index (χ4n) is 1.55. The predicted molar refractivity (Wildman–Crippen MR) is 71.9 cm³/mol. The van der Waals surface area contributed by atoms with E-state index < -0.39 is 6.10 Å². The van der Waals surface area contributed by atoms with Crippen molar-refractivity contribution in [3.63, 3.8) is 0 Å². The number of ether oxygens (including phenoxy) is 2. The lowest BCUT2D eigenvalue weighted by Crippen LogP contribution is -2.26. The molecule has 0 amide bonds. The first-order valence-corrected chi connectivity index (χ1v) is 6.28. The zero-order valence-corrected chi connectivity index (χ0v) is 11.8. The molecular weight excluding hydrogens is 228 g/mol. The molecule has 0 aliphatic carbocycles. The second-order valence-corrected chi connectivity index (χ2v) is 5.29. The van der Waals surface area contributed by atoms with Crippen molar-refractivity contribution in [1.29, 1.82) is 0 Å². The Labute approximate surface area is 109 Å². The van der Waals surface area contributed by atoms with Gasteiger partial charge in [-0.05, 0) is 37.0 Å². The molecule has 0 aliphatic heterocycles. The Bertz CT molecular complexity index is 387. The van der Waals surface area contributed by atoms with Crippen LogP contribution in [0.3, 0.4) is 0 Å². The second kappa shape index (κ2) is 5.89. The first kappa shape index (κ1) is 14.6. The van der Waals surface area contributed by atoms with Crippen LogP contribution in [0.2, 0.25) is 0 Å². The SMILES string of the molecule is CCOC(=O)C(C)Oc1ccc(C(C)(C)C)cc1. The van der Waals surface area contributed by atoms with Crippen LogP contribution in [0.15, 0.2) is 24.3 Å². The number of hydrogen-bond acceptors (Lipinski definition) is 3. The van der Waals surface area contributed by atoms with E-state index in [2.05, 4.69) is 20.8 Å². The van der Waals surface area contributed by atoms with Crippen molar-refractivity contribution in [3.8, 4) is 5.75 Å². The molecule has 1 rings (SSSR count). The number of rotatable bonds is 4. The summed E-state index contributed by atoms with van der Waals surface area (Å²) in [5, 5.41) is 0. The fraction of sp³-hybridized carbons (Fsp3) is 0.533. The highest BCUT2D eigenvalue weighted by Gasteiger charge is 2.17. The molecule has 3 nitrogen and oxygen atoms in total. The largest absolute Gasteiger partial charge is 0.479 e. The van der Waals surface area contributed by atoms with Crippen molar-refractivity contribution in [2.75, 3.05) is 6.61 Å². The predicted octanol–water partition coefficient (Wildman–Crippen LogP) is 3.31. The third-order valence-corrected chi connectivity index (χ3v) is 2.65. The van der Waals surface area contributed by atoms with Crippen LogP contribution in [0.1, 0.15) is 40.2 Å². The molecule has 0 aliphatic rings. The van der Waals surface area contributed by atoms with Gasteiger partial charge in [-0.2, -0.15) is 0 Å². The van der Waals surface area contributed by atoms with Gasteiger partial charge >= 0.3 is 5.97 Å². The van der Waals surface area contributed by atoms with Crippen molar-refractivity contribution in [2.24, 2.45) is 0 Å². The summed E-state index contributed by atoms with van der Waals surface area (Å²) in [7, 11) is 0. The Morgan fingerprint density at radius 2 is 1.78 bits per heavy atom. The van der Waals surface area contributed by atoms with Gasteiger partial charge in [0.2, 0.25) is 0 Å². The lowest BCUT2D eigenvalue weighted by Gasteiger charge is -2.19. The smallest absolute Gasteiger partial charge is 0.347 e. The molecular formula is C15H22O3. The molecule has 1 aromatic rings. The molecule has 18 heavy (non-hydrogen) atoms. The third-order valence-electron chi connectivity index (χ3n) is 2.65. The fourth-order valence-corrected chi connectivity index (χ4v) is 1.55. The van der Waals surface area contributed by atoms with Crippen molar-refractivity contribution in [3.05, 3.63) is 29.8 Å². The maximum Gasteiger partial charge on any atom is 0.347 e. The summed E-state index contributed by atoms with van der Waals surface area (Å²) in [6.45, 7) is 10.3. The van der Waals surface area contributed by atoms with E-state index in [1.807, 2.05) is 24.3 Å². The average Bonchev–Trinajstić information content (AvgIpc) is 2.28. The lowest BCUT2D eigenvalue weighted by atomic mass is 9.87. The van der Waals surface area contributed by atoms with E-state index >= 15 is 0 Å². The van der Waals surface area contributed by atoms with Gasteiger partial charge in [-0.1, -0.05) is 32.9 Å². The average molecular weight is 250 g/mol. The molecule has 1 unspecified atom stereocenters. The highest BCUT2D eigenvalue weighted by molar-refractivity contribution is 5.74. The van der Waals surface area contributed by atoms with Gasteiger partial charge in [0.1, 0.15) is 5.75 Å². The van der Waals surface area contributed by atoms with Crippen LogP contribution < -0.4 is 4.74 Å². The Balaban J connectivity index is 2.67. The summed E-state index contributed by atoms with van der Waals surface area (Å²) in [5.74, 6) is 0.348. The van der Waals surface area contributed by atoms with Gasteiger partial charge in [-0.15, -0.1) is 0 Å². The molecule has 0 aromatic heterocycles. The summed E-state index contributed by atoms with van der Waals surface area (Å²) in [5.41, 5.74) is 1.35. The van der Waals surface area contributed by atoms with E-state index in [0.29, 0.717) is 12.4 Å². The standard InChI is InChI=1S/C15H22O3/c1-6-17-14(16)11(2)18-13-9-7-12(8-10-13)15(3,4)5/h7-11H,6H2,1-5H3. The Hall–Kier alpha value is -1.51. The van der Waals surface area contributed by atoms with E-state index in [4.69, 9.17) is 9.47 Å². The minimum atomic E-state index is -0.578. The molecule has 0 heterocycles. The Morgan fingerprint density at radius 1 is 1.22 bits per heavy atom. The summed E-state index contributed by atoms with van der Waals surface area (Å²) >= 11 is 0. The maximum absolute atomic E-state index is 11.4. The molecule has 0 N–H and O–H groups in total. The zero-order chi connectivity index (χ0) is 13.8. The molecule has 0 bridgehead atoms. The van der Waals surface area contributed by atoms with Crippen LogP contribution in [0.5, 0.6) is 5.75 Å². The highest BCUT2D eigenvalue weighted by atomic mass is 16.6. The molecule has 1 atom stereocenters. The van der Waals surface area contributed by atoms with Crippen molar-refractivity contribution < 1.29 is 14.3 Å². The summed E-state index contributed by atoms with van der Waals surface area (Å²) in [6, 6.07) is 7.81. The van der Waals surface area contributed by atoms with E-state index in [1.54, 1.807) is 13.8 Å². The van der Waals surface area contributed by atoms with Gasteiger partial charge in [-0.3, -0.25) is 0 Å². The third kappa shape index (κ3) is 4.06. The van der Waals surface area contributed by atoms with Crippen molar-refractivity contribution in [1.82, 2.24) is 0 Å². The quantitative estimate of drug-likeness (QED) is 0.769. The summed E-state index contributed by atoms with van der Waals surface area (Å²) in [4.78, 5) is 11.4. The normalized spacial score (nSPS) is 12.9. The van der Waals surface area contributed by atoms with Crippen LogP contribution in [0, 0.1) is 0 Å². The van der Waals surface area contributed by atoms with Crippen LogP contribution in [-0.4, -0.2) is 18.7 Å². The van der Waals surface area contributed by atoms with Gasteiger partial charge in [0, 0.05) is 0 Å². The summed E-state index contributed by atoms with van der Waals surface area (Å²) in [6.07, 6.45) is -0.578. The van der Waals surface area contributed by atoms with Crippen LogP contribution in [0.4, 0.5) is 0 Å². The van der Waals surface area contributed by atoms with E-state index in [-0.39, 0.29) is 11.4 Å². The highest BCUT2D eigenvalue weighted by Crippen LogP contribution is 2.24. The first-order chi connectivity index (χ1) is 8.34. The van der Waals surface area contributed by atoms with Gasteiger partial charge < -0.3 is 9.47 Å². The Kier molecular flexibility index (Phi) is 4.76. The molecule has 0 radical (unpaired) electrons. The van der Waals surface area contributed by atoms with E-state index in [9.17, 15) is 4.79 Å². The number of esters is 1. The zero-order valence-electron chi connectivity index (χ0n) is 11.8. The van der Waals surface area contributed by atoms with E-state index in [0.717, 1.165) is 0 Å². The molecule has 100 valence electrons. The molecule has 0 spiro atoms. The molecule has 0 saturated carbocycles. The topological polar surface area (TPSA) is 35.5 Å². The number of hydrogen-bond donors (Lipinski definition) is 0.